The maximum absolute atomic E-state index is 15.0. The Labute approximate surface area is 193 Å². The monoisotopic (exact) mass is 469 g/mol. The Morgan fingerprint density at radius 2 is 2.06 bits per heavy atom. The molecule has 10 heteroatoms. The molecule has 8 nitrogen and oxygen atoms in total. The van der Waals surface area contributed by atoms with Crippen molar-refractivity contribution >= 4 is 38.7 Å². The van der Waals surface area contributed by atoms with Gasteiger partial charge >= 0.3 is 0 Å². The Morgan fingerprint density at radius 1 is 1.27 bits per heavy atom. The van der Waals surface area contributed by atoms with E-state index in [-0.39, 0.29) is 17.6 Å². The summed E-state index contributed by atoms with van der Waals surface area (Å²) in [7, 11) is 2.98. The van der Waals surface area contributed by atoms with Crippen molar-refractivity contribution in [1.29, 1.82) is 0 Å². The van der Waals surface area contributed by atoms with E-state index in [2.05, 4.69) is 10.1 Å². The maximum atomic E-state index is 15.0. The van der Waals surface area contributed by atoms with Gasteiger partial charge in [0.05, 0.1) is 18.9 Å². The van der Waals surface area contributed by atoms with Crippen molar-refractivity contribution < 1.29 is 18.7 Å². The Bertz CT molecular complexity index is 1380. The Kier molecular flexibility index (Phi) is 5.32. The van der Waals surface area contributed by atoms with Crippen LogP contribution in [-0.4, -0.2) is 52.7 Å². The highest BCUT2D eigenvalue weighted by Crippen LogP contribution is 2.45. The van der Waals surface area contributed by atoms with Gasteiger partial charge in [-0.05, 0) is 18.6 Å². The first-order chi connectivity index (χ1) is 16.0. The molecule has 0 unspecified atom stereocenters. The molecular formula is C23H24FN5O3S. The van der Waals surface area contributed by atoms with Crippen LogP contribution in [0.1, 0.15) is 31.4 Å². The Morgan fingerprint density at radius 3 is 2.79 bits per heavy atom. The van der Waals surface area contributed by atoms with Gasteiger partial charge in [0.25, 0.3) is 0 Å². The van der Waals surface area contributed by atoms with E-state index in [1.54, 1.807) is 23.8 Å². The number of aromatic nitrogens is 3. The highest BCUT2D eigenvalue weighted by atomic mass is 32.1. The summed E-state index contributed by atoms with van der Waals surface area (Å²) in [6, 6.07) is 5.38. The summed E-state index contributed by atoms with van der Waals surface area (Å²) in [5, 5.41) is 4.88. The largest absolute Gasteiger partial charge is 0.495 e. The van der Waals surface area contributed by atoms with Gasteiger partial charge in [-0.15, -0.1) is 11.3 Å². The molecule has 2 N–H and O–H groups in total. The smallest absolute Gasteiger partial charge is 0.222 e. The predicted octanol–water partition coefficient (Wildman–Crippen LogP) is 4.08. The molecule has 1 aliphatic rings. The quantitative estimate of drug-likeness (QED) is 0.473. The molecule has 1 aromatic carbocycles. The molecule has 33 heavy (non-hydrogen) atoms. The van der Waals surface area contributed by atoms with Crippen molar-refractivity contribution in [1.82, 2.24) is 19.5 Å². The van der Waals surface area contributed by atoms with Crippen LogP contribution in [0, 0.1) is 5.82 Å². The van der Waals surface area contributed by atoms with Gasteiger partial charge in [0.1, 0.15) is 17.6 Å². The lowest BCUT2D eigenvalue weighted by molar-refractivity contribution is -0.129. The van der Waals surface area contributed by atoms with Gasteiger partial charge in [0.15, 0.2) is 17.4 Å². The first-order valence-electron chi connectivity index (χ1n) is 10.7. The number of rotatable bonds is 5. The maximum Gasteiger partial charge on any atom is 0.222 e. The SMILES string of the molecule is CCC(=O)N1CC[C@@H](c2cc(-c3cc4c(F)c(OC)cc(OC)c4s3)c3c(N)ncnn23)C1. The van der Waals surface area contributed by atoms with Crippen LogP contribution in [-0.2, 0) is 4.79 Å². The molecule has 1 atom stereocenters. The van der Waals surface area contributed by atoms with Crippen molar-refractivity contribution in [2.24, 2.45) is 0 Å². The number of nitrogens with two attached hydrogens (primary N) is 1. The third-order valence-electron chi connectivity index (χ3n) is 6.25. The molecule has 1 amide bonds. The van der Waals surface area contributed by atoms with Crippen molar-refractivity contribution in [3.05, 3.63) is 36.0 Å². The number of hydrogen-bond acceptors (Lipinski definition) is 7. The van der Waals surface area contributed by atoms with E-state index in [0.717, 1.165) is 22.6 Å². The Balaban J connectivity index is 1.68. The molecule has 1 saturated heterocycles. The molecule has 0 bridgehead atoms. The van der Waals surface area contributed by atoms with E-state index >= 15 is 4.39 Å². The van der Waals surface area contributed by atoms with E-state index in [4.69, 9.17) is 15.2 Å². The molecule has 1 aliphatic heterocycles. The second kappa shape index (κ2) is 8.18. The lowest BCUT2D eigenvalue weighted by Gasteiger charge is -2.15. The first-order valence-corrected chi connectivity index (χ1v) is 11.5. The molecule has 0 radical (unpaired) electrons. The number of halogens is 1. The first kappa shape index (κ1) is 21.4. The van der Waals surface area contributed by atoms with Gasteiger partial charge in [-0.2, -0.15) is 5.10 Å². The summed E-state index contributed by atoms with van der Waals surface area (Å²) in [5.41, 5.74) is 8.74. The number of anilines is 1. The fraction of sp³-hybridized carbons (Fsp3) is 0.348. The molecule has 0 spiro atoms. The number of thiophene rings is 1. The fourth-order valence-corrected chi connectivity index (χ4v) is 5.74. The minimum atomic E-state index is -0.437. The second-order valence-electron chi connectivity index (χ2n) is 8.02. The number of fused-ring (bicyclic) bond motifs is 2. The average Bonchev–Trinajstić information content (AvgIpc) is 3.56. The number of hydrogen-bond donors (Lipinski definition) is 1. The van der Waals surface area contributed by atoms with E-state index in [9.17, 15) is 4.79 Å². The van der Waals surface area contributed by atoms with Crippen LogP contribution in [0.25, 0.3) is 26.0 Å². The molecular weight excluding hydrogens is 445 g/mol. The zero-order valence-electron chi connectivity index (χ0n) is 18.6. The van der Waals surface area contributed by atoms with Gasteiger partial charge in [-0.1, -0.05) is 6.92 Å². The molecule has 0 saturated carbocycles. The van der Waals surface area contributed by atoms with Crippen LogP contribution < -0.4 is 15.2 Å². The average molecular weight is 470 g/mol. The number of ether oxygens (including phenoxy) is 2. The molecule has 4 aromatic rings. The van der Waals surface area contributed by atoms with Gasteiger partial charge in [-0.25, -0.2) is 13.9 Å². The summed E-state index contributed by atoms with van der Waals surface area (Å²) < 4.78 is 28.2. The lowest BCUT2D eigenvalue weighted by atomic mass is 10.0. The topological polar surface area (TPSA) is 95.0 Å². The number of carbonyl (C=O) groups is 1. The number of carbonyl (C=O) groups excluding carboxylic acids is 1. The van der Waals surface area contributed by atoms with Crippen LogP contribution in [0.3, 0.4) is 0 Å². The number of amides is 1. The van der Waals surface area contributed by atoms with E-state index in [1.165, 1.54) is 24.8 Å². The third-order valence-corrected chi connectivity index (χ3v) is 7.43. The number of nitrogens with zero attached hydrogens (tertiary/aromatic N) is 4. The number of likely N-dealkylation sites (tertiary alicyclic amines) is 1. The van der Waals surface area contributed by atoms with Gasteiger partial charge in [-0.3, -0.25) is 4.79 Å². The van der Waals surface area contributed by atoms with Crippen LogP contribution in [0.2, 0.25) is 0 Å². The summed E-state index contributed by atoms with van der Waals surface area (Å²) in [5.74, 6) is 0.838. The fourth-order valence-electron chi connectivity index (χ4n) is 4.57. The third kappa shape index (κ3) is 3.36. The normalized spacial score (nSPS) is 16.1. The van der Waals surface area contributed by atoms with Gasteiger partial charge < -0.3 is 20.1 Å². The zero-order valence-corrected chi connectivity index (χ0v) is 19.4. The highest BCUT2D eigenvalue weighted by molar-refractivity contribution is 7.22. The van der Waals surface area contributed by atoms with Crippen molar-refractivity contribution in [3.63, 3.8) is 0 Å². The molecule has 172 valence electrons. The number of methoxy groups -OCH3 is 2. The second-order valence-corrected chi connectivity index (χ2v) is 9.07. The van der Waals surface area contributed by atoms with Gasteiger partial charge in [0, 0.05) is 53.0 Å². The minimum Gasteiger partial charge on any atom is -0.495 e. The lowest BCUT2D eigenvalue weighted by Crippen LogP contribution is -2.27. The molecule has 3 aromatic heterocycles. The molecule has 0 aliphatic carbocycles. The molecule has 5 rings (SSSR count). The summed E-state index contributed by atoms with van der Waals surface area (Å²) in [6.45, 7) is 3.22. The summed E-state index contributed by atoms with van der Waals surface area (Å²) in [4.78, 5) is 19.1. The molecule has 4 heterocycles. The predicted molar refractivity (Wildman–Crippen MR) is 126 cm³/mol. The minimum absolute atomic E-state index is 0.122. The molecule has 1 fully saturated rings. The summed E-state index contributed by atoms with van der Waals surface area (Å²) in [6.07, 6.45) is 2.76. The van der Waals surface area contributed by atoms with E-state index in [1.807, 2.05) is 17.9 Å². The van der Waals surface area contributed by atoms with Crippen molar-refractivity contribution in [2.75, 3.05) is 33.0 Å². The van der Waals surface area contributed by atoms with Gasteiger partial charge in [0.2, 0.25) is 5.91 Å². The standard InChI is InChI=1S/C23H24FN5O3S/c1-4-19(30)28-6-5-12(10-28)15-7-13(21-23(25)26-11-27-29(15)21)18-8-14-20(24)16(31-2)9-17(32-3)22(14)33-18/h7-9,11-12H,4-6,10H2,1-3H3,(H2,25,26,27)/t12-/m1/s1. The van der Waals surface area contributed by atoms with Crippen LogP contribution >= 0.6 is 11.3 Å². The van der Waals surface area contributed by atoms with E-state index in [0.29, 0.717) is 46.7 Å². The van der Waals surface area contributed by atoms with Crippen LogP contribution in [0.15, 0.2) is 24.5 Å². The van der Waals surface area contributed by atoms with E-state index < -0.39 is 5.82 Å². The van der Waals surface area contributed by atoms with Crippen LogP contribution in [0.5, 0.6) is 11.5 Å². The zero-order chi connectivity index (χ0) is 23.3. The summed E-state index contributed by atoms with van der Waals surface area (Å²) >= 11 is 1.41. The van der Waals surface area contributed by atoms with Crippen molar-refractivity contribution in [2.45, 2.75) is 25.7 Å². The highest BCUT2D eigenvalue weighted by Gasteiger charge is 2.30. The number of nitrogen functional groups attached to an aromatic ring is 1. The Hall–Kier alpha value is -3.40. The van der Waals surface area contributed by atoms with Crippen LogP contribution in [0.4, 0.5) is 10.2 Å². The number of benzene rings is 1. The van der Waals surface area contributed by atoms with Crippen molar-refractivity contribution in [3.8, 4) is 21.9 Å².